The highest BCUT2D eigenvalue weighted by Gasteiger charge is 2.62. The summed E-state index contributed by atoms with van der Waals surface area (Å²) in [6, 6.07) is 27.7. The molecule has 0 spiro atoms. The van der Waals surface area contributed by atoms with Crippen LogP contribution in [0.5, 0.6) is 30.1 Å². The highest BCUT2D eigenvalue weighted by atomic mass is 19.4. The van der Waals surface area contributed by atoms with Gasteiger partial charge in [-0.25, -0.2) is 13.6 Å². The fourth-order valence-corrected chi connectivity index (χ4v) is 11.2. The van der Waals surface area contributed by atoms with Crippen molar-refractivity contribution in [2.24, 2.45) is 0 Å². The maximum Gasteiger partial charge on any atom is 0.434 e. The number of nitrogens with one attached hydrogen (secondary N) is 5. The maximum atomic E-state index is 13.5. The van der Waals surface area contributed by atoms with Crippen LogP contribution in [0.1, 0.15) is 110 Å². The number of anilines is 15. The zero-order chi connectivity index (χ0) is 106. The number of rotatable bonds is 38. The van der Waals surface area contributed by atoms with Gasteiger partial charge in [-0.05, 0) is 188 Å². The smallest absolute Gasteiger partial charge is 0.434 e. The molecule has 0 aliphatic carbocycles. The minimum Gasteiger partial charge on any atom is -0.478 e. The average Bonchev–Trinajstić information content (AvgIpc) is 0.807. The number of carboxylic acids is 1. The third-order valence-corrected chi connectivity index (χ3v) is 18.8. The summed E-state index contributed by atoms with van der Waals surface area (Å²) in [6.07, 6.45) is -55.3. The third kappa shape index (κ3) is 37.1. The van der Waals surface area contributed by atoms with Gasteiger partial charge >= 0.3 is 85.2 Å². The van der Waals surface area contributed by atoms with Crippen molar-refractivity contribution in [2.75, 3.05) is 123 Å². The molecular weight excluding hydrogens is 1960 g/mol. The molecule has 5 aromatic carbocycles. The summed E-state index contributed by atoms with van der Waals surface area (Å²) in [5.41, 5.74) is 5.14. The van der Waals surface area contributed by atoms with E-state index < -0.39 is 128 Å². The van der Waals surface area contributed by atoms with Crippen molar-refractivity contribution in [3.8, 4) is 30.1 Å². The molecule has 5 aromatic heterocycles. The number of aryl methyl sites for hydroxylation is 3. The van der Waals surface area contributed by atoms with Crippen LogP contribution in [0.4, 0.5) is 198 Å². The number of carboxylic acid groups (broad SMARTS) is 1. The van der Waals surface area contributed by atoms with Crippen LogP contribution in [0.25, 0.3) is 0 Å². The van der Waals surface area contributed by atoms with E-state index in [0.29, 0.717) is 93.9 Å². The van der Waals surface area contributed by atoms with Gasteiger partial charge in [-0.3, -0.25) is 0 Å². The molecule has 0 radical (unpaired) electrons. The molecule has 32 nitrogen and oxygen atoms in total. The normalized spacial score (nSPS) is 12.3. The summed E-state index contributed by atoms with van der Waals surface area (Å²) in [5, 5.41) is 22.9. The number of ether oxygens (including phenoxy) is 5. The molecule has 5 heterocycles. The SMILES string of the molecule is CCN(CC)c1nc(Nc2ccc(C)cc2)nc(OC(C(F)(F)F)C(F)(F)F)n1.CCN(CC)c1nc(Nc2ccc(C)cc2)nc(OC(C(F)(F)F)C(F)(F)F)n1.CCN(CC)c1nc(Nc2ccc(F)cc2)nc(OC(C)C(F)(F)F)n1.CCN(CC)c1nc(Nc2cccc(C(=O)O)c2)nc(OCC(F)(F)C(C)F)n1.CCN(CC)c1nc(Nc2cccc(C)c2)nc(OC(C(F)(F)F)C(F)(F)F)n1. The van der Waals surface area contributed by atoms with Crippen LogP contribution in [0.2, 0.25) is 0 Å². The summed E-state index contributed by atoms with van der Waals surface area (Å²) >= 11 is 0. The Balaban J connectivity index is 0.000000272. The summed E-state index contributed by atoms with van der Waals surface area (Å²) in [5.74, 6) is -5.99. The summed E-state index contributed by atoms with van der Waals surface area (Å²) < 4.78 is 345. The van der Waals surface area contributed by atoms with Crippen LogP contribution in [0, 0.1) is 26.6 Å². The molecule has 10 rings (SSSR count). The number of halogens is 25. The number of alkyl halides is 24. The van der Waals surface area contributed by atoms with Gasteiger partial charge in [0.15, 0.2) is 18.9 Å². The quantitative estimate of drug-likeness (QED) is 0.0196. The molecule has 10 aromatic rings. The van der Waals surface area contributed by atoms with Gasteiger partial charge in [0.05, 0.1) is 5.56 Å². The van der Waals surface area contributed by atoms with E-state index in [1.807, 2.05) is 54.5 Å². The van der Waals surface area contributed by atoms with Gasteiger partial charge in [-0.15, -0.1) is 0 Å². The second kappa shape index (κ2) is 51.3. The Morgan fingerprint density at radius 3 is 0.831 bits per heavy atom. The van der Waals surface area contributed by atoms with Crippen molar-refractivity contribution < 1.29 is 143 Å². The summed E-state index contributed by atoms with van der Waals surface area (Å²) in [7, 11) is 0. The average molecular weight is 2060 g/mol. The minimum absolute atomic E-state index is 0.00196. The van der Waals surface area contributed by atoms with E-state index >= 15 is 0 Å². The number of hydrogen-bond donors (Lipinski definition) is 6. The van der Waals surface area contributed by atoms with Crippen LogP contribution >= 0.6 is 0 Å². The van der Waals surface area contributed by atoms with Gasteiger partial charge in [0.2, 0.25) is 59.5 Å². The summed E-state index contributed by atoms with van der Waals surface area (Å²) in [6.45, 7) is 28.1. The van der Waals surface area contributed by atoms with Crippen LogP contribution < -0.4 is 74.8 Å². The van der Waals surface area contributed by atoms with Gasteiger partial charge in [-0.1, -0.05) is 53.6 Å². The van der Waals surface area contributed by atoms with Crippen LogP contribution in [-0.2, 0) is 0 Å². The van der Waals surface area contributed by atoms with Gasteiger partial charge in [0, 0.05) is 93.9 Å². The second-order valence-electron chi connectivity index (χ2n) is 29.4. The number of aromatic nitrogens is 15. The number of nitrogens with zero attached hydrogens (tertiary/aromatic N) is 20. The molecular formula is C85H98F25N25O7. The molecule has 780 valence electrons. The second-order valence-corrected chi connectivity index (χ2v) is 29.4. The molecule has 57 heteroatoms. The van der Waals surface area contributed by atoms with Crippen molar-refractivity contribution >= 4 is 93.9 Å². The third-order valence-electron chi connectivity index (χ3n) is 18.8. The number of hydrogen-bond acceptors (Lipinski definition) is 31. The lowest BCUT2D eigenvalue weighted by Gasteiger charge is -2.24. The highest BCUT2D eigenvalue weighted by Crippen LogP contribution is 2.41. The molecule has 0 saturated heterocycles. The maximum absolute atomic E-state index is 13.5. The zero-order valence-electron chi connectivity index (χ0n) is 78.0. The standard InChI is InChI=1S/C18H22F3N5O3.3C17H19F6N5O.C16H19F4N5O/c1-4-26(5-2)16-23-15(22-13-8-6-7-12(9-13)14(27)28)24-17(25-16)29-10-18(20,21)11(3)19;2*1-4-28(5-2)14-25-13(24-11-8-6-10(3)7-9-11)26-15(27-14)29-12(16(18,19)20)17(21,22)23;1-4-28(5-2)14-25-13(24-11-8-6-7-10(3)9-11)26-15(27-14)29-12(16(18,19)20)17(21,22)23;1-4-25(5-2)14-22-13(21-12-8-6-11(17)7-9-12)23-15(24-14)26-10(3)16(18,19)20/h6-9,11H,4-5,10H2,1-3H3,(H,27,28)(H,22,23,24,25);3*6-9,12H,4-5H2,1-3H3,(H,24,25,26,27);6-10H,4-5H2,1-3H3,(H,21,22,23,24). The lowest BCUT2D eigenvalue weighted by molar-refractivity contribution is -0.302. The zero-order valence-corrected chi connectivity index (χ0v) is 78.0. The van der Waals surface area contributed by atoms with E-state index in [1.54, 1.807) is 124 Å². The predicted octanol–water partition coefficient (Wildman–Crippen LogP) is 21.4. The van der Waals surface area contributed by atoms with Gasteiger partial charge < -0.3 is 79.9 Å². The monoisotopic (exact) mass is 2060 g/mol. The van der Waals surface area contributed by atoms with Gasteiger partial charge in [-0.2, -0.15) is 176 Å². The van der Waals surface area contributed by atoms with Crippen molar-refractivity contribution in [1.29, 1.82) is 0 Å². The minimum atomic E-state index is -5.69. The summed E-state index contributed by atoms with van der Waals surface area (Å²) in [4.78, 5) is 77.3. The molecule has 2 atom stereocenters. The number of benzene rings is 5. The first kappa shape index (κ1) is 117. The molecule has 142 heavy (non-hydrogen) atoms. The van der Waals surface area contributed by atoms with E-state index in [2.05, 4.69) is 116 Å². The Morgan fingerprint density at radius 1 is 0.317 bits per heavy atom. The van der Waals surface area contributed by atoms with Crippen molar-refractivity contribution in [1.82, 2.24) is 74.8 Å². The first-order valence-electron chi connectivity index (χ1n) is 42.7. The van der Waals surface area contributed by atoms with Gasteiger partial charge in [0.1, 0.15) is 5.82 Å². The first-order chi connectivity index (χ1) is 66.2. The number of aromatic carboxylic acids is 1. The Labute approximate surface area is 795 Å². The van der Waals surface area contributed by atoms with Crippen LogP contribution in [0.15, 0.2) is 121 Å². The van der Waals surface area contributed by atoms with Crippen molar-refractivity contribution in [3.63, 3.8) is 0 Å². The van der Waals surface area contributed by atoms with Crippen LogP contribution in [-0.4, -0.2) is 238 Å². The number of carbonyl (C=O) groups is 1. The first-order valence-corrected chi connectivity index (χ1v) is 42.7. The van der Waals surface area contributed by atoms with E-state index in [4.69, 9.17) is 14.6 Å². The lowest BCUT2D eigenvalue weighted by Crippen LogP contribution is -2.47. The fraction of sp³-hybridized carbons (Fsp3) is 0.459. The predicted molar refractivity (Wildman–Crippen MR) is 473 cm³/mol. The topological polar surface area (TPSA) is 353 Å². The van der Waals surface area contributed by atoms with E-state index in [1.165, 1.54) is 57.2 Å². The molecule has 0 amide bonds. The fourth-order valence-electron chi connectivity index (χ4n) is 11.2. The van der Waals surface area contributed by atoms with E-state index in [0.717, 1.165) is 30.5 Å². The van der Waals surface area contributed by atoms with Crippen LogP contribution in [0.3, 0.4) is 0 Å². The molecule has 0 bridgehead atoms. The van der Waals surface area contributed by atoms with Crippen molar-refractivity contribution in [2.45, 2.75) is 184 Å². The molecule has 2 unspecified atom stereocenters. The molecule has 6 N–H and O–H groups in total. The Kier molecular flexibility index (Phi) is 42.1. The lowest BCUT2D eigenvalue weighted by atomic mass is 10.2. The van der Waals surface area contributed by atoms with Gasteiger partial charge in [0.25, 0.3) is 18.3 Å². The highest BCUT2D eigenvalue weighted by molar-refractivity contribution is 5.89. The van der Waals surface area contributed by atoms with Crippen molar-refractivity contribution in [3.05, 3.63) is 149 Å². The molecule has 0 fully saturated rings. The molecule has 0 aliphatic heterocycles. The Hall–Kier alpha value is -14.1. The Bertz CT molecular complexity index is 5390. The van der Waals surface area contributed by atoms with E-state index in [9.17, 15) is 115 Å². The largest absolute Gasteiger partial charge is 0.478 e. The van der Waals surface area contributed by atoms with E-state index in [-0.39, 0.29) is 65.0 Å². The Morgan fingerprint density at radius 2 is 0.570 bits per heavy atom. The molecule has 0 saturated carbocycles. The molecule has 0 aliphatic rings.